The second-order valence-corrected chi connectivity index (χ2v) is 3.93. The molecule has 2 atom stereocenters. The van der Waals surface area contributed by atoms with Gasteiger partial charge in [0.15, 0.2) is 0 Å². The van der Waals surface area contributed by atoms with Crippen molar-refractivity contribution in [3.63, 3.8) is 0 Å². The molecule has 3 N–H and O–H groups in total. The van der Waals surface area contributed by atoms with Gasteiger partial charge < -0.3 is 4.74 Å². The number of ether oxygens (including phenoxy) is 1. The molecule has 1 saturated heterocycles. The molecule has 1 aliphatic heterocycles. The maximum Gasteiger partial charge on any atom is 0.0495 e. The van der Waals surface area contributed by atoms with Crippen LogP contribution in [0.15, 0.2) is 0 Å². The molecule has 1 fully saturated rings. The molecule has 0 spiro atoms. The second kappa shape index (κ2) is 6.83. The number of terminal acetylenes is 1. The Bertz CT molecular complexity index is 182. The van der Waals surface area contributed by atoms with Crippen molar-refractivity contribution in [2.24, 2.45) is 11.8 Å². The summed E-state index contributed by atoms with van der Waals surface area (Å²) < 4.78 is 5.33. The highest BCUT2D eigenvalue weighted by molar-refractivity contribution is 4.84. The van der Waals surface area contributed by atoms with Crippen molar-refractivity contribution in [2.45, 2.75) is 38.1 Å². The van der Waals surface area contributed by atoms with Gasteiger partial charge in [-0.15, -0.1) is 12.3 Å². The largest absolute Gasteiger partial charge is 0.381 e. The number of nitrogens with one attached hydrogen (secondary N) is 1. The second-order valence-electron chi connectivity index (χ2n) is 3.93. The van der Waals surface area contributed by atoms with Gasteiger partial charge in [-0.25, -0.2) is 0 Å². The van der Waals surface area contributed by atoms with Crippen LogP contribution in [0, 0.1) is 18.3 Å². The van der Waals surface area contributed by atoms with E-state index in [9.17, 15) is 0 Å². The molecule has 1 heterocycles. The van der Waals surface area contributed by atoms with E-state index < -0.39 is 0 Å². The normalized spacial score (nSPS) is 23.3. The average Bonchev–Trinajstić information content (AvgIpc) is 2.69. The van der Waals surface area contributed by atoms with E-state index in [1.807, 2.05) is 0 Å². The number of hydrogen-bond acceptors (Lipinski definition) is 3. The fraction of sp³-hybridized carbons (Fsp3) is 0.818. The fourth-order valence-corrected chi connectivity index (χ4v) is 1.89. The molecule has 80 valence electrons. The van der Waals surface area contributed by atoms with E-state index in [0.29, 0.717) is 12.0 Å². The summed E-state index contributed by atoms with van der Waals surface area (Å²) in [5, 5.41) is 0. The number of rotatable bonds is 6. The van der Waals surface area contributed by atoms with Crippen LogP contribution in [0.25, 0.3) is 0 Å². The van der Waals surface area contributed by atoms with Gasteiger partial charge in [-0.2, -0.15) is 0 Å². The molecule has 3 heteroatoms. The Morgan fingerprint density at radius 2 is 2.50 bits per heavy atom. The molecule has 0 amide bonds. The van der Waals surface area contributed by atoms with Gasteiger partial charge in [0.05, 0.1) is 0 Å². The van der Waals surface area contributed by atoms with E-state index in [-0.39, 0.29) is 0 Å². The van der Waals surface area contributed by atoms with E-state index in [1.165, 1.54) is 6.42 Å². The molecule has 3 nitrogen and oxygen atoms in total. The molecule has 1 rings (SSSR count). The van der Waals surface area contributed by atoms with Gasteiger partial charge in [-0.3, -0.25) is 11.3 Å². The summed E-state index contributed by atoms with van der Waals surface area (Å²) in [5.74, 6) is 8.82. The number of nitrogens with two attached hydrogens (primary N) is 1. The van der Waals surface area contributed by atoms with Gasteiger partial charge in [0.25, 0.3) is 0 Å². The van der Waals surface area contributed by atoms with Crippen molar-refractivity contribution >= 4 is 0 Å². The molecule has 2 unspecified atom stereocenters. The first kappa shape index (κ1) is 11.5. The summed E-state index contributed by atoms with van der Waals surface area (Å²) in [7, 11) is 0. The summed E-state index contributed by atoms with van der Waals surface area (Å²) in [4.78, 5) is 0. The van der Waals surface area contributed by atoms with Crippen LogP contribution in [0.2, 0.25) is 0 Å². The summed E-state index contributed by atoms with van der Waals surface area (Å²) >= 11 is 0. The predicted octanol–water partition coefficient (Wildman–Crippen LogP) is 1.05. The van der Waals surface area contributed by atoms with Crippen molar-refractivity contribution in [2.75, 3.05) is 13.2 Å². The quantitative estimate of drug-likeness (QED) is 0.289. The number of hydrazine groups is 1. The lowest BCUT2D eigenvalue weighted by molar-refractivity contribution is 0.181. The molecule has 0 aliphatic carbocycles. The summed E-state index contributed by atoms with van der Waals surface area (Å²) in [6.45, 7) is 1.81. The lowest BCUT2D eigenvalue weighted by atomic mass is 9.96. The summed E-state index contributed by atoms with van der Waals surface area (Å²) in [5.41, 5.74) is 2.86. The topological polar surface area (TPSA) is 47.3 Å². The molecular formula is C11H20N2O. The molecule has 0 aromatic rings. The van der Waals surface area contributed by atoms with Crippen LogP contribution in [-0.2, 0) is 4.74 Å². The SMILES string of the molecule is C#CCCCC(CC1CCOC1)NN. The molecule has 0 radical (unpaired) electrons. The maximum atomic E-state index is 5.49. The van der Waals surface area contributed by atoms with Crippen molar-refractivity contribution in [1.82, 2.24) is 5.43 Å². The standard InChI is InChI=1S/C11H20N2O/c1-2-3-4-5-11(13-12)8-10-6-7-14-9-10/h1,10-11,13H,3-9,12H2. The van der Waals surface area contributed by atoms with E-state index >= 15 is 0 Å². The number of hydrogen-bond donors (Lipinski definition) is 2. The van der Waals surface area contributed by atoms with Crippen LogP contribution in [0.5, 0.6) is 0 Å². The molecule has 0 aromatic heterocycles. The van der Waals surface area contributed by atoms with Crippen LogP contribution < -0.4 is 11.3 Å². The van der Waals surface area contributed by atoms with Crippen LogP contribution >= 0.6 is 0 Å². The first-order valence-electron chi connectivity index (χ1n) is 5.34. The first-order chi connectivity index (χ1) is 6.86. The lowest BCUT2D eigenvalue weighted by Crippen LogP contribution is -2.36. The predicted molar refractivity (Wildman–Crippen MR) is 57.3 cm³/mol. The zero-order valence-corrected chi connectivity index (χ0v) is 8.67. The third-order valence-corrected chi connectivity index (χ3v) is 2.75. The Labute approximate surface area is 86.4 Å². The summed E-state index contributed by atoms with van der Waals surface area (Å²) in [6.07, 6.45) is 10.5. The minimum Gasteiger partial charge on any atom is -0.381 e. The Balaban J connectivity index is 2.13. The van der Waals surface area contributed by atoms with Crippen molar-refractivity contribution in [3.05, 3.63) is 0 Å². The van der Waals surface area contributed by atoms with Crippen LogP contribution in [0.3, 0.4) is 0 Å². The molecular weight excluding hydrogens is 176 g/mol. The highest BCUT2D eigenvalue weighted by Crippen LogP contribution is 2.19. The van der Waals surface area contributed by atoms with Gasteiger partial charge in [0.2, 0.25) is 0 Å². The Hall–Kier alpha value is -0.560. The van der Waals surface area contributed by atoms with Gasteiger partial charge >= 0.3 is 0 Å². The Morgan fingerprint density at radius 3 is 3.07 bits per heavy atom. The van der Waals surface area contributed by atoms with Crippen LogP contribution in [0.1, 0.15) is 32.1 Å². The summed E-state index contributed by atoms with van der Waals surface area (Å²) in [6, 6.07) is 0.398. The molecule has 0 saturated carbocycles. The highest BCUT2D eigenvalue weighted by Gasteiger charge is 2.19. The van der Waals surface area contributed by atoms with Gasteiger partial charge in [-0.05, 0) is 31.6 Å². The smallest absolute Gasteiger partial charge is 0.0495 e. The van der Waals surface area contributed by atoms with Gasteiger partial charge in [-0.1, -0.05) is 0 Å². The molecule has 14 heavy (non-hydrogen) atoms. The first-order valence-corrected chi connectivity index (χ1v) is 5.34. The number of unbranched alkanes of at least 4 members (excludes halogenated alkanes) is 1. The molecule has 0 aromatic carbocycles. The third kappa shape index (κ3) is 4.10. The van der Waals surface area contributed by atoms with Crippen molar-refractivity contribution < 1.29 is 4.74 Å². The zero-order valence-electron chi connectivity index (χ0n) is 8.67. The van der Waals surface area contributed by atoms with Crippen molar-refractivity contribution in [1.29, 1.82) is 0 Å². The Morgan fingerprint density at radius 1 is 1.64 bits per heavy atom. The van der Waals surface area contributed by atoms with E-state index in [2.05, 4.69) is 11.3 Å². The fourth-order valence-electron chi connectivity index (χ4n) is 1.89. The Kier molecular flexibility index (Phi) is 5.62. The average molecular weight is 196 g/mol. The monoisotopic (exact) mass is 196 g/mol. The van der Waals surface area contributed by atoms with E-state index in [4.69, 9.17) is 17.0 Å². The molecule has 1 aliphatic rings. The van der Waals surface area contributed by atoms with E-state index in [1.54, 1.807) is 0 Å². The van der Waals surface area contributed by atoms with Gasteiger partial charge in [0.1, 0.15) is 0 Å². The van der Waals surface area contributed by atoms with Crippen LogP contribution in [0.4, 0.5) is 0 Å². The minimum absolute atomic E-state index is 0.398. The zero-order chi connectivity index (χ0) is 10.2. The van der Waals surface area contributed by atoms with Crippen LogP contribution in [-0.4, -0.2) is 19.3 Å². The van der Waals surface area contributed by atoms with Gasteiger partial charge in [0, 0.05) is 25.7 Å². The third-order valence-electron chi connectivity index (χ3n) is 2.75. The van der Waals surface area contributed by atoms with Crippen molar-refractivity contribution in [3.8, 4) is 12.3 Å². The van der Waals surface area contributed by atoms with E-state index in [0.717, 1.165) is 38.9 Å². The lowest BCUT2D eigenvalue weighted by Gasteiger charge is -2.18. The minimum atomic E-state index is 0.398. The maximum absolute atomic E-state index is 5.49. The molecule has 0 bridgehead atoms. The highest BCUT2D eigenvalue weighted by atomic mass is 16.5.